The second-order valence-electron chi connectivity index (χ2n) is 4.45. The molecule has 0 radical (unpaired) electrons. The Morgan fingerprint density at radius 2 is 1.83 bits per heavy atom. The minimum atomic E-state index is -0.111. The van der Waals surface area contributed by atoms with E-state index in [1.807, 2.05) is 31.2 Å². The molecule has 4 heteroatoms. The van der Waals surface area contributed by atoms with Gasteiger partial charge in [-0.25, -0.2) is 0 Å². The summed E-state index contributed by atoms with van der Waals surface area (Å²) in [5, 5.41) is 2.84. The fraction of sp³-hybridized carbons (Fsp3) is 0.500. The van der Waals surface area contributed by atoms with Gasteiger partial charge in [-0.15, -0.1) is 0 Å². The van der Waals surface area contributed by atoms with Crippen molar-refractivity contribution in [1.82, 2.24) is 0 Å². The van der Waals surface area contributed by atoms with Crippen LogP contribution in [0.1, 0.15) is 27.2 Å². The number of carbonyl (C=O) groups excluding carboxylic acids is 1. The number of carbonyl (C=O) groups is 1. The average Bonchev–Trinajstić information content (AvgIpc) is 2.31. The number of amides is 1. The van der Waals surface area contributed by atoms with Gasteiger partial charge in [-0.2, -0.15) is 0 Å². The van der Waals surface area contributed by atoms with Crippen molar-refractivity contribution in [1.29, 1.82) is 0 Å². The lowest BCUT2D eigenvalue weighted by molar-refractivity contribution is -0.116. The van der Waals surface area contributed by atoms with Gasteiger partial charge in [-0.3, -0.25) is 4.79 Å². The number of benzene rings is 1. The lowest BCUT2D eigenvalue weighted by atomic mass is 10.2. The summed E-state index contributed by atoms with van der Waals surface area (Å²) in [4.78, 5) is 13.8. The number of hydrogen-bond donors (Lipinski definition) is 2. The Morgan fingerprint density at radius 1 is 1.28 bits per heavy atom. The van der Waals surface area contributed by atoms with E-state index in [0.29, 0.717) is 6.42 Å². The molecule has 0 spiro atoms. The molecule has 1 aromatic carbocycles. The van der Waals surface area contributed by atoms with Crippen molar-refractivity contribution in [2.45, 2.75) is 33.2 Å². The molecular formula is C14H23N3O. The van der Waals surface area contributed by atoms with Crippen LogP contribution < -0.4 is 16.0 Å². The van der Waals surface area contributed by atoms with Crippen molar-refractivity contribution >= 4 is 17.3 Å². The van der Waals surface area contributed by atoms with E-state index in [1.165, 1.54) is 5.69 Å². The Balaban J connectivity index is 2.62. The van der Waals surface area contributed by atoms with Gasteiger partial charge in [0.05, 0.1) is 0 Å². The molecule has 0 heterocycles. The largest absolute Gasteiger partial charge is 0.372 e. The van der Waals surface area contributed by atoms with Gasteiger partial charge in [0.25, 0.3) is 0 Å². The third-order valence-electron chi connectivity index (χ3n) is 2.79. The minimum Gasteiger partial charge on any atom is -0.372 e. The number of nitrogens with zero attached hydrogens (tertiary/aromatic N) is 1. The highest BCUT2D eigenvalue weighted by atomic mass is 16.1. The number of nitrogens with one attached hydrogen (secondary N) is 1. The van der Waals surface area contributed by atoms with Crippen LogP contribution in [-0.2, 0) is 4.79 Å². The zero-order chi connectivity index (χ0) is 13.5. The topological polar surface area (TPSA) is 58.4 Å². The summed E-state index contributed by atoms with van der Waals surface area (Å²) in [6.45, 7) is 8.03. The molecule has 1 rings (SSSR count). The third-order valence-corrected chi connectivity index (χ3v) is 2.79. The van der Waals surface area contributed by atoms with Crippen molar-refractivity contribution in [3.8, 4) is 0 Å². The second kappa shape index (κ2) is 7.01. The fourth-order valence-electron chi connectivity index (χ4n) is 1.85. The molecule has 18 heavy (non-hydrogen) atoms. The number of hydrogen-bond acceptors (Lipinski definition) is 3. The highest BCUT2D eigenvalue weighted by Crippen LogP contribution is 2.17. The van der Waals surface area contributed by atoms with Gasteiger partial charge >= 0.3 is 0 Å². The highest BCUT2D eigenvalue weighted by Gasteiger charge is 2.06. The maximum Gasteiger partial charge on any atom is 0.225 e. The van der Waals surface area contributed by atoms with E-state index in [-0.39, 0.29) is 11.9 Å². The lowest BCUT2D eigenvalue weighted by Crippen LogP contribution is -2.24. The quantitative estimate of drug-likeness (QED) is 0.812. The van der Waals surface area contributed by atoms with Gasteiger partial charge in [0.15, 0.2) is 0 Å². The van der Waals surface area contributed by atoms with E-state index in [4.69, 9.17) is 5.73 Å². The third kappa shape index (κ3) is 4.37. The normalized spacial score (nSPS) is 12.0. The molecule has 3 N–H and O–H groups in total. The van der Waals surface area contributed by atoms with Gasteiger partial charge in [-0.05, 0) is 45.0 Å². The molecule has 0 aliphatic rings. The van der Waals surface area contributed by atoms with Crippen LogP contribution in [-0.4, -0.2) is 25.0 Å². The minimum absolute atomic E-state index is 0.0411. The first kappa shape index (κ1) is 14.5. The van der Waals surface area contributed by atoms with E-state index >= 15 is 0 Å². The molecule has 100 valence electrons. The van der Waals surface area contributed by atoms with E-state index in [2.05, 4.69) is 24.1 Å². The van der Waals surface area contributed by atoms with Crippen LogP contribution in [0.15, 0.2) is 24.3 Å². The Hall–Kier alpha value is -1.55. The number of anilines is 2. The van der Waals surface area contributed by atoms with Crippen molar-refractivity contribution in [2.75, 3.05) is 23.3 Å². The maximum absolute atomic E-state index is 11.6. The number of rotatable bonds is 6. The highest BCUT2D eigenvalue weighted by molar-refractivity contribution is 5.91. The van der Waals surface area contributed by atoms with Crippen LogP contribution in [0.2, 0.25) is 0 Å². The molecule has 1 amide bonds. The van der Waals surface area contributed by atoms with Crippen molar-refractivity contribution in [3.63, 3.8) is 0 Å². The zero-order valence-corrected chi connectivity index (χ0v) is 11.4. The van der Waals surface area contributed by atoms with Gasteiger partial charge in [0, 0.05) is 36.9 Å². The van der Waals surface area contributed by atoms with Crippen molar-refractivity contribution in [2.24, 2.45) is 5.73 Å². The van der Waals surface area contributed by atoms with Crippen LogP contribution in [0.5, 0.6) is 0 Å². The first-order chi connectivity index (χ1) is 8.56. The summed E-state index contributed by atoms with van der Waals surface area (Å²) in [5.41, 5.74) is 7.57. The van der Waals surface area contributed by atoms with Gasteiger partial charge in [0.2, 0.25) is 5.91 Å². The van der Waals surface area contributed by atoms with Crippen LogP contribution in [0, 0.1) is 0 Å². The molecule has 0 fully saturated rings. The van der Waals surface area contributed by atoms with Gasteiger partial charge < -0.3 is 16.0 Å². The van der Waals surface area contributed by atoms with Crippen molar-refractivity contribution < 1.29 is 4.79 Å². The monoisotopic (exact) mass is 249 g/mol. The smallest absolute Gasteiger partial charge is 0.225 e. The standard InChI is InChI=1S/C14H23N3O/c1-4-17(5-2)13-8-6-12(7-9-13)16-14(18)10-11(3)15/h6-9,11H,4-5,10,15H2,1-3H3,(H,16,18). The molecular weight excluding hydrogens is 226 g/mol. The SMILES string of the molecule is CCN(CC)c1ccc(NC(=O)CC(C)N)cc1. The molecule has 0 saturated heterocycles. The molecule has 0 aromatic heterocycles. The van der Waals surface area contributed by atoms with Crippen molar-refractivity contribution in [3.05, 3.63) is 24.3 Å². The van der Waals surface area contributed by atoms with E-state index < -0.39 is 0 Å². The summed E-state index contributed by atoms with van der Waals surface area (Å²) in [6, 6.07) is 7.78. The molecule has 1 atom stereocenters. The first-order valence-corrected chi connectivity index (χ1v) is 6.47. The van der Waals surface area contributed by atoms with E-state index in [9.17, 15) is 4.79 Å². The number of nitrogens with two attached hydrogens (primary N) is 1. The maximum atomic E-state index is 11.6. The molecule has 0 aliphatic carbocycles. The average molecular weight is 249 g/mol. The molecule has 4 nitrogen and oxygen atoms in total. The van der Waals surface area contributed by atoms with E-state index in [1.54, 1.807) is 0 Å². The molecule has 0 bridgehead atoms. The van der Waals surface area contributed by atoms with Gasteiger partial charge in [-0.1, -0.05) is 0 Å². The predicted octanol–water partition coefficient (Wildman–Crippen LogP) is 2.21. The van der Waals surface area contributed by atoms with Gasteiger partial charge in [0.1, 0.15) is 0 Å². The summed E-state index contributed by atoms with van der Waals surface area (Å²) in [5.74, 6) is -0.0411. The Labute approximate surface area is 109 Å². The molecule has 0 saturated carbocycles. The summed E-state index contributed by atoms with van der Waals surface area (Å²) >= 11 is 0. The summed E-state index contributed by atoms with van der Waals surface area (Å²) in [7, 11) is 0. The van der Waals surface area contributed by atoms with Crippen LogP contribution in [0.25, 0.3) is 0 Å². The van der Waals surface area contributed by atoms with E-state index in [0.717, 1.165) is 18.8 Å². The predicted molar refractivity (Wildman–Crippen MR) is 76.9 cm³/mol. The molecule has 1 unspecified atom stereocenters. The zero-order valence-electron chi connectivity index (χ0n) is 11.4. The van der Waals surface area contributed by atoms with Crippen LogP contribution >= 0.6 is 0 Å². The fourth-order valence-corrected chi connectivity index (χ4v) is 1.85. The Bertz CT molecular complexity index is 369. The Kier molecular flexibility index (Phi) is 5.65. The lowest BCUT2D eigenvalue weighted by Gasteiger charge is -2.21. The second-order valence-corrected chi connectivity index (χ2v) is 4.45. The van der Waals surface area contributed by atoms with Crippen LogP contribution in [0.4, 0.5) is 11.4 Å². The van der Waals surface area contributed by atoms with Crippen LogP contribution in [0.3, 0.4) is 0 Å². The summed E-state index contributed by atoms with van der Waals surface area (Å²) < 4.78 is 0. The Morgan fingerprint density at radius 3 is 2.28 bits per heavy atom. The molecule has 1 aromatic rings. The molecule has 0 aliphatic heterocycles. The summed E-state index contributed by atoms with van der Waals surface area (Å²) in [6.07, 6.45) is 0.345. The first-order valence-electron chi connectivity index (χ1n) is 6.47.